The van der Waals surface area contributed by atoms with E-state index in [1.165, 1.54) is 12.1 Å². The number of carbonyl (C=O) groups is 1. The van der Waals surface area contributed by atoms with Gasteiger partial charge in [0.1, 0.15) is 35.3 Å². The quantitative estimate of drug-likeness (QED) is 0.295. The molecule has 1 aliphatic heterocycles. The van der Waals surface area contributed by atoms with Crippen LogP contribution >= 0.6 is 11.6 Å². The van der Waals surface area contributed by atoms with E-state index in [9.17, 15) is 14.3 Å². The Hall–Kier alpha value is -4.10. The molecule has 3 aromatic carbocycles. The van der Waals surface area contributed by atoms with E-state index in [0.29, 0.717) is 39.9 Å². The van der Waals surface area contributed by atoms with Gasteiger partial charge in [0.05, 0.1) is 6.04 Å². The van der Waals surface area contributed by atoms with Crippen LogP contribution in [-0.4, -0.2) is 32.7 Å². The third kappa shape index (κ3) is 4.22. The number of aromatic amines is 1. The number of nitrogens with one attached hydrogen (secondary N) is 1. The molecule has 1 amide bonds. The number of carbonyl (C=O) groups excluding carboxylic acids is 1. The van der Waals surface area contributed by atoms with E-state index in [-0.39, 0.29) is 24.0 Å². The fourth-order valence-electron chi connectivity index (χ4n) is 4.46. The number of halogens is 2. The lowest BCUT2D eigenvalue weighted by molar-refractivity contribution is 0.0730. The van der Waals surface area contributed by atoms with Crippen molar-refractivity contribution in [2.24, 2.45) is 0 Å². The molecular weight excluding hydrogens is 481 g/mol. The molecule has 0 spiro atoms. The van der Waals surface area contributed by atoms with Crippen LogP contribution in [-0.2, 0) is 6.54 Å². The summed E-state index contributed by atoms with van der Waals surface area (Å²) in [5, 5.41) is 18.5. The second-order valence-electron chi connectivity index (χ2n) is 8.61. The molecule has 1 atom stereocenters. The van der Waals surface area contributed by atoms with Gasteiger partial charge in [-0.2, -0.15) is 5.10 Å². The predicted molar refractivity (Wildman–Crippen MR) is 136 cm³/mol. The first-order chi connectivity index (χ1) is 17.4. The average molecular weight is 504 g/mol. The number of hydrogen-bond acceptors (Lipinski definition) is 4. The summed E-state index contributed by atoms with van der Waals surface area (Å²) >= 11 is 6.37. The number of phenols is 1. The molecule has 2 heterocycles. The molecule has 4 aromatic rings. The average Bonchev–Trinajstić information content (AvgIpc) is 3.41. The molecule has 2 N–H and O–H groups in total. The number of aromatic nitrogens is 2. The fourth-order valence-corrected chi connectivity index (χ4v) is 4.62. The summed E-state index contributed by atoms with van der Waals surface area (Å²) in [4.78, 5) is 15.3. The van der Waals surface area contributed by atoms with Crippen molar-refractivity contribution in [3.63, 3.8) is 0 Å². The second-order valence-corrected chi connectivity index (χ2v) is 9.02. The van der Waals surface area contributed by atoms with Crippen LogP contribution in [0.15, 0.2) is 73.3 Å². The lowest BCUT2D eigenvalue weighted by Gasteiger charge is -2.27. The van der Waals surface area contributed by atoms with Crippen LogP contribution in [0.4, 0.5) is 4.39 Å². The van der Waals surface area contributed by atoms with Crippen molar-refractivity contribution < 1.29 is 19.0 Å². The van der Waals surface area contributed by atoms with Crippen LogP contribution in [0.3, 0.4) is 0 Å². The van der Waals surface area contributed by atoms with E-state index in [2.05, 4.69) is 16.8 Å². The number of fused-ring (bicyclic) bond motifs is 1. The van der Waals surface area contributed by atoms with Gasteiger partial charge in [0.2, 0.25) is 0 Å². The monoisotopic (exact) mass is 503 g/mol. The molecule has 0 radical (unpaired) electrons. The van der Waals surface area contributed by atoms with Crippen molar-refractivity contribution in [1.29, 1.82) is 0 Å². The number of hydrogen-bond donors (Lipinski definition) is 2. The number of aromatic hydroxyl groups is 1. The van der Waals surface area contributed by atoms with Gasteiger partial charge in [-0.15, -0.1) is 0 Å². The number of phenolic OH excluding ortho intramolecular Hbond substituents is 1. The summed E-state index contributed by atoms with van der Waals surface area (Å²) in [6, 6.07) is 16.2. The first-order valence-corrected chi connectivity index (χ1v) is 11.7. The van der Waals surface area contributed by atoms with Crippen LogP contribution in [0, 0.1) is 12.7 Å². The molecule has 6 nitrogen and oxygen atoms in total. The lowest BCUT2D eigenvalue weighted by atomic mass is 9.95. The zero-order chi connectivity index (χ0) is 25.4. The maximum Gasteiger partial charge on any atom is 0.273 e. The highest BCUT2D eigenvalue weighted by Gasteiger charge is 2.42. The fraction of sp³-hybridized carbons (Fsp3) is 0.143. The Balaban J connectivity index is 1.62. The number of rotatable bonds is 7. The third-order valence-corrected chi connectivity index (χ3v) is 6.63. The first kappa shape index (κ1) is 23.6. The Morgan fingerprint density at radius 2 is 1.92 bits per heavy atom. The zero-order valence-electron chi connectivity index (χ0n) is 19.5. The topological polar surface area (TPSA) is 78.5 Å². The molecule has 36 heavy (non-hydrogen) atoms. The molecular formula is C28H23ClFN3O3. The summed E-state index contributed by atoms with van der Waals surface area (Å²) in [6.07, 6.45) is 1.66. The van der Waals surface area contributed by atoms with E-state index in [1.807, 2.05) is 24.3 Å². The molecule has 1 unspecified atom stereocenters. The lowest BCUT2D eigenvalue weighted by Crippen LogP contribution is -2.29. The highest BCUT2D eigenvalue weighted by atomic mass is 35.5. The molecule has 0 aliphatic carbocycles. The minimum Gasteiger partial charge on any atom is -0.507 e. The second kappa shape index (κ2) is 9.51. The zero-order valence-corrected chi connectivity index (χ0v) is 20.2. The van der Waals surface area contributed by atoms with Crippen molar-refractivity contribution in [2.45, 2.75) is 19.5 Å². The summed E-state index contributed by atoms with van der Waals surface area (Å²) < 4.78 is 19.1. The molecule has 0 saturated heterocycles. The Kier molecular flexibility index (Phi) is 6.24. The van der Waals surface area contributed by atoms with Gasteiger partial charge < -0.3 is 14.7 Å². The molecule has 182 valence electrons. The largest absolute Gasteiger partial charge is 0.507 e. The van der Waals surface area contributed by atoms with Gasteiger partial charge in [0.25, 0.3) is 5.91 Å². The smallest absolute Gasteiger partial charge is 0.273 e. The van der Waals surface area contributed by atoms with Crippen LogP contribution in [0.25, 0.3) is 11.3 Å². The Morgan fingerprint density at radius 3 is 2.61 bits per heavy atom. The Bertz CT molecular complexity index is 1450. The summed E-state index contributed by atoms with van der Waals surface area (Å²) in [7, 11) is 0. The van der Waals surface area contributed by atoms with Gasteiger partial charge in [-0.05, 0) is 60.0 Å². The summed E-state index contributed by atoms with van der Waals surface area (Å²) in [5.74, 6) is 0.0931. The third-order valence-electron chi connectivity index (χ3n) is 6.23. The number of H-pyrrole nitrogens is 1. The standard InChI is InChI=1S/C28H23ClFN3O3/c1-3-12-36-20-10-6-18(7-11-20)27-24-25(21-14-22(29)16(2)13-23(21)34)31-32-26(24)28(35)33(27)15-17-4-8-19(30)9-5-17/h3-11,13-14,27,34H,1,12,15H2,2H3,(H,31,32). The molecule has 0 saturated carbocycles. The maximum atomic E-state index is 13.6. The molecule has 0 fully saturated rings. The van der Waals surface area contributed by atoms with Gasteiger partial charge in [0.15, 0.2) is 0 Å². The van der Waals surface area contributed by atoms with Crippen molar-refractivity contribution >= 4 is 17.5 Å². The van der Waals surface area contributed by atoms with Crippen LogP contribution in [0.5, 0.6) is 11.5 Å². The molecule has 0 bridgehead atoms. The van der Waals surface area contributed by atoms with E-state index in [4.69, 9.17) is 16.3 Å². The van der Waals surface area contributed by atoms with Gasteiger partial charge in [0, 0.05) is 22.7 Å². The van der Waals surface area contributed by atoms with Crippen LogP contribution < -0.4 is 4.74 Å². The van der Waals surface area contributed by atoms with Gasteiger partial charge in [-0.1, -0.05) is 48.5 Å². The van der Waals surface area contributed by atoms with Crippen molar-refractivity contribution in [3.8, 4) is 22.8 Å². The van der Waals surface area contributed by atoms with Crippen LogP contribution in [0.1, 0.15) is 38.8 Å². The van der Waals surface area contributed by atoms with Crippen molar-refractivity contribution in [2.75, 3.05) is 6.61 Å². The van der Waals surface area contributed by atoms with Gasteiger partial charge in [-0.3, -0.25) is 9.89 Å². The van der Waals surface area contributed by atoms with Gasteiger partial charge in [-0.25, -0.2) is 4.39 Å². The predicted octanol–water partition coefficient (Wildman–Crippen LogP) is 6.19. The van der Waals surface area contributed by atoms with Crippen molar-refractivity contribution in [3.05, 3.63) is 112 Å². The van der Waals surface area contributed by atoms with Gasteiger partial charge >= 0.3 is 0 Å². The Morgan fingerprint density at radius 1 is 1.19 bits per heavy atom. The highest BCUT2D eigenvalue weighted by Crippen LogP contribution is 2.46. The number of benzene rings is 3. The molecule has 1 aliphatic rings. The normalized spacial score (nSPS) is 14.7. The van der Waals surface area contributed by atoms with Crippen LogP contribution in [0.2, 0.25) is 5.02 Å². The number of nitrogens with zero attached hydrogens (tertiary/aromatic N) is 2. The summed E-state index contributed by atoms with van der Waals surface area (Å²) in [6.45, 7) is 6.09. The molecule has 1 aromatic heterocycles. The highest BCUT2D eigenvalue weighted by molar-refractivity contribution is 6.31. The molecule has 5 rings (SSSR count). The SMILES string of the molecule is C=CCOc1ccc(C2c3c(-c4cc(Cl)c(C)cc4O)n[nH]c3C(=O)N2Cc2ccc(F)cc2)cc1. The minimum atomic E-state index is -0.515. The van der Waals surface area contributed by atoms with E-state index >= 15 is 0 Å². The Labute approximate surface area is 212 Å². The van der Waals surface area contributed by atoms with E-state index < -0.39 is 6.04 Å². The first-order valence-electron chi connectivity index (χ1n) is 11.3. The number of aryl methyl sites for hydroxylation is 1. The summed E-state index contributed by atoms with van der Waals surface area (Å²) in [5.41, 5.74) is 4.17. The maximum absolute atomic E-state index is 13.6. The minimum absolute atomic E-state index is 0.0163. The van der Waals surface area contributed by atoms with E-state index in [1.54, 1.807) is 42.2 Å². The molecule has 8 heteroatoms. The van der Waals surface area contributed by atoms with E-state index in [0.717, 1.165) is 16.7 Å². The number of amides is 1. The van der Waals surface area contributed by atoms with Crippen molar-refractivity contribution in [1.82, 2.24) is 15.1 Å². The number of ether oxygens (including phenoxy) is 1.